The molecule has 0 aliphatic heterocycles. The predicted molar refractivity (Wildman–Crippen MR) is 87.9 cm³/mol. The van der Waals surface area contributed by atoms with Crippen LogP contribution in [0.25, 0.3) is 0 Å². The second-order valence-electron chi connectivity index (χ2n) is 6.91. The van der Waals surface area contributed by atoms with Gasteiger partial charge in [0.1, 0.15) is 0 Å². The normalized spacial score (nSPS) is 22.2. The highest BCUT2D eigenvalue weighted by Crippen LogP contribution is 2.56. The molecule has 3 rings (SSSR count). The van der Waals surface area contributed by atoms with Crippen LogP contribution in [0.15, 0.2) is 18.3 Å². The van der Waals surface area contributed by atoms with Crippen molar-refractivity contribution >= 4 is 11.7 Å². The molecule has 120 valence electrons. The molecule has 0 unspecified atom stereocenters. The summed E-state index contributed by atoms with van der Waals surface area (Å²) in [6, 6.07) is 4.28. The van der Waals surface area contributed by atoms with Crippen molar-refractivity contribution in [1.29, 1.82) is 0 Å². The number of aromatic nitrogens is 1. The van der Waals surface area contributed by atoms with Crippen molar-refractivity contribution in [3.8, 4) is 0 Å². The Morgan fingerprint density at radius 1 is 1.36 bits per heavy atom. The molecule has 0 radical (unpaired) electrons. The van der Waals surface area contributed by atoms with Gasteiger partial charge < -0.3 is 15.5 Å². The standard InChI is InChI=1S/C17H26N4O/c1-21(2)14-6-9-18-13(10-14)12-19-16(22)20-15-11-17(15)7-4-3-5-8-17/h6,9-10,15H,3-5,7-8,11-12H2,1-2H3,(H2,19,20,22)/t15-/m0/s1. The van der Waals surface area contributed by atoms with Crippen LogP contribution in [-0.2, 0) is 6.54 Å². The molecule has 22 heavy (non-hydrogen) atoms. The number of hydrogen-bond donors (Lipinski definition) is 2. The summed E-state index contributed by atoms with van der Waals surface area (Å²) in [5.74, 6) is 0. The molecule has 1 aromatic rings. The summed E-state index contributed by atoms with van der Waals surface area (Å²) in [5, 5.41) is 6.06. The molecule has 2 aliphatic carbocycles. The van der Waals surface area contributed by atoms with Gasteiger partial charge >= 0.3 is 6.03 Å². The van der Waals surface area contributed by atoms with E-state index < -0.39 is 0 Å². The lowest BCUT2D eigenvalue weighted by Gasteiger charge is -2.22. The number of urea groups is 1. The van der Waals surface area contributed by atoms with Gasteiger partial charge in [-0.15, -0.1) is 0 Å². The summed E-state index contributed by atoms with van der Waals surface area (Å²) in [5.41, 5.74) is 2.40. The first-order valence-corrected chi connectivity index (χ1v) is 8.26. The zero-order valence-electron chi connectivity index (χ0n) is 13.6. The largest absolute Gasteiger partial charge is 0.378 e. The van der Waals surface area contributed by atoms with Crippen molar-refractivity contribution in [2.45, 2.75) is 51.1 Å². The highest BCUT2D eigenvalue weighted by molar-refractivity contribution is 5.74. The van der Waals surface area contributed by atoms with Crippen molar-refractivity contribution in [3.63, 3.8) is 0 Å². The van der Waals surface area contributed by atoms with Crippen LogP contribution in [0.5, 0.6) is 0 Å². The first-order chi connectivity index (χ1) is 10.6. The Labute approximate surface area is 132 Å². The maximum atomic E-state index is 12.1. The Morgan fingerprint density at radius 3 is 2.86 bits per heavy atom. The van der Waals surface area contributed by atoms with Crippen LogP contribution >= 0.6 is 0 Å². The quantitative estimate of drug-likeness (QED) is 0.899. The van der Waals surface area contributed by atoms with Crippen LogP contribution in [0.1, 0.15) is 44.2 Å². The number of nitrogens with one attached hydrogen (secondary N) is 2. The molecule has 2 N–H and O–H groups in total. The van der Waals surface area contributed by atoms with E-state index >= 15 is 0 Å². The smallest absolute Gasteiger partial charge is 0.315 e. The Bertz CT molecular complexity index is 537. The summed E-state index contributed by atoms with van der Waals surface area (Å²) in [6.07, 6.45) is 9.50. The minimum Gasteiger partial charge on any atom is -0.378 e. The minimum absolute atomic E-state index is 0.0653. The molecular formula is C17H26N4O. The summed E-state index contributed by atoms with van der Waals surface area (Å²) < 4.78 is 0. The van der Waals surface area contributed by atoms with E-state index in [4.69, 9.17) is 0 Å². The lowest BCUT2D eigenvalue weighted by Crippen LogP contribution is -2.38. The number of amides is 2. The van der Waals surface area contributed by atoms with Gasteiger partial charge in [0.05, 0.1) is 12.2 Å². The number of rotatable bonds is 4. The number of carbonyl (C=O) groups excluding carboxylic acids is 1. The first-order valence-electron chi connectivity index (χ1n) is 8.26. The van der Waals surface area contributed by atoms with Crippen molar-refractivity contribution in [1.82, 2.24) is 15.6 Å². The Morgan fingerprint density at radius 2 is 2.14 bits per heavy atom. The van der Waals surface area contributed by atoms with Gasteiger partial charge in [-0.25, -0.2) is 4.79 Å². The molecule has 2 fully saturated rings. The molecule has 0 aromatic carbocycles. The molecular weight excluding hydrogens is 276 g/mol. The van der Waals surface area contributed by atoms with E-state index in [1.165, 1.54) is 32.1 Å². The predicted octanol–water partition coefficient (Wildman–Crippen LogP) is 2.67. The third kappa shape index (κ3) is 3.34. The van der Waals surface area contributed by atoms with Gasteiger partial charge in [-0.3, -0.25) is 4.98 Å². The molecule has 0 bridgehead atoms. The summed E-state index contributed by atoms with van der Waals surface area (Å²) in [7, 11) is 3.99. The second-order valence-corrected chi connectivity index (χ2v) is 6.91. The second kappa shape index (κ2) is 6.15. The maximum absolute atomic E-state index is 12.1. The molecule has 5 nitrogen and oxygen atoms in total. The summed E-state index contributed by atoms with van der Waals surface area (Å²) >= 11 is 0. The van der Waals surface area contributed by atoms with Crippen molar-refractivity contribution in [2.75, 3.05) is 19.0 Å². The fraction of sp³-hybridized carbons (Fsp3) is 0.647. The number of anilines is 1. The molecule has 1 spiro atoms. The summed E-state index contributed by atoms with van der Waals surface area (Å²) in [4.78, 5) is 18.4. The van der Waals surface area contributed by atoms with Crippen LogP contribution in [0.2, 0.25) is 0 Å². The van der Waals surface area contributed by atoms with Gasteiger partial charge in [0.2, 0.25) is 0 Å². The minimum atomic E-state index is -0.0653. The topological polar surface area (TPSA) is 57.3 Å². The van der Waals surface area contributed by atoms with E-state index in [2.05, 4.69) is 15.6 Å². The number of pyridine rings is 1. The lowest BCUT2D eigenvalue weighted by molar-refractivity contribution is 0.235. The van der Waals surface area contributed by atoms with Crippen LogP contribution in [0.4, 0.5) is 10.5 Å². The fourth-order valence-electron chi connectivity index (χ4n) is 3.58. The van der Waals surface area contributed by atoms with E-state index in [0.717, 1.165) is 17.8 Å². The van der Waals surface area contributed by atoms with E-state index in [1.807, 2.05) is 31.1 Å². The SMILES string of the molecule is CN(C)c1ccnc(CNC(=O)N[C@H]2CC23CCCCC3)c1. The molecule has 0 saturated heterocycles. The monoisotopic (exact) mass is 302 g/mol. The molecule has 2 amide bonds. The zero-order valence-corrected chi connectivity index (χ0v) is 13.6. The highest BCUT2D eigenvalue weighted by atomic mass is 16.2. The fourth-order valence-corrected chi connectivity index (χ4v) is 3.58. The number of hydrogen-bond acceptors (Lipinski definition) is 3. The lowest BCUT2D eigenvalue weighted by atomic mass is 9.86. The average Bonchev–Trinajstić information content (AvgIpc) is 3.17. The van der Waals surface area contributed by atoms with Gasteiger partial charge in [-0.1, -0.05) is 19.3 Å². The van der Waals surface area contributed by atoms with E-state index in [-0.39, 0.29) is 6.03 Å². The van der Waals surface area contributed by atoms with Crippen molar-refractivity contribution in [3.05, 3.63) is 24.0 Å². The van der Waals surface area contributed by atoms with Crippen LogP contribution < -0.4 is 15.5 Å². The molecule has 1 aromatic heterocycles. The van der Waals surface area contributed by atoms with E-state index in [9.17, 15) is 4.79 Å². The number of carbonyl (C=O) groups is 1. The van der Waals surface area contributed by atoms with Crippen LogP contribution in [0.3, 0.4) is 0 Å². The van der Waals surface area contributed by atoms with Crippen LogP contribution in [-0.4, -0.2) is 31.2 Å². The molecule has 2 aliphatic rings. The van der Waals surface area contributed by atoms with E-state index in [0.29, 0.717) is 18.0 Å². The highest BCUT2D eigenvalue weighted by Gasteiger charge is 2.54. The Kier molecular flexibility index (Phi) is 4.23. The van der Waals surface area contributed by atoms with Gasteiger partial charge in [-0.05, 0) is 36.8 Å². The Balaban J connectivity index is 1.46. The third-order valence-corrected chi connectivity index (χ3v) is 5.09. The third-order valence-electron chi connectivity index (χ3n) is 5.09. The molecule has 1 atom stereocenters. The molecule has 5 heteroatoms. The van der Waals surface area contributed by atoms with Gasteiger partial charge in [-0.2, -0.15) is 0 Å². The van der Waals surface area contributed by atoms with Gasteiger partial charge in [0, 0.05) is 32.0 Å². The van der Waals surface area contributed by atoms with Crippen molar-refractivity contribution < 1.29 is 4.79 Å². The van der Waals surface area contributed by atoms with Crippen molar-refractivity contribution in [2.24, 2.45) is 5.41 Å². The number of nitrogens with zero attached hydrogens (tertiary/aromatic N) is 2. The Hall–Kier alpha value is -1.78. The molecule has 2 saturated carbocycles. The average molecular weight is 302 g/mol. The maximum Gasteiger partial charge on any atom is 0.315 e. The molecule has 1 heterocycles. The summed E-state index contributed by atoms with van der Waals surface area (Å²) in [6.45, 7) is 0.466. The van der Waals surface area contributed by atoms with Crippen LogP contribution in [0, 0.1) is 5.41 Å². The van der Waals surface area contributed by atoms with E-state index in [1.54, 1.807) is 6.20 Å². The van der Waals surface area contributed by atoms with Gasteiger partial charge in [0.25, 0.3) is 0 Å². The first kappa shape index (κ1) is 15.1. The van der Waals surface area contributed by atoms with Gasteiger partial charge in [0.15, 0.2) is 0 Å². The zero-order chi connectivity index (χ0) is 15.6.